The van der Waals surface area contributed by atoms with Crippen molar-refractivity contribution < 1.29 is 19.1 Å². The van der Waals surface area contributed by atoms with Crippen molar-refractivity contribution in [3.05, 3.63) is 95.3 Å². The second-order valence-corrected chi connectivity index (χ2v) is 19.5. The van der Waals surface area contributed by atoms with Gasteiger partial charge in [-0.1, -0.05) is 152 Å². The third kappa shape index (κ3) is 17.7. The number of allylic oxidation sites excluding steroid dienone is 8. The average molecular weight is 900 g/mol. The standard InChI is InChI=1S/C38H52FN3O.C9H18.C7H14O2.C4H10/c1-10-16-34(33(39)15-6)41-28(9)27(8)35(40-21-13-4)22-26(7)30-17-18-32-36(25-30)42(31-23-29(14-5)24-31)37(43)38(32,19-11-2)20-12-3;1-3-8-5-6-9(4-2)7-8;1-4-5(2)7(9)6(3)8;1-4(2)3/h10,15-18,21-22,25,29,31,41H,6-7,11-14,19-20,23-24H2,1-5,8-9H3;8-9H,3-7H2,1-2H3;5-6,8H,4H2,1-3H3;4H,1-3H3/b16-10-,28-27+,34-33-,35-22+,40-21?;;;. The Bertz CT molecular complexity index is 1790. The summed E-state index contributed by atoms with van der Waals surface area (Å²) in [7, 11) is 0. The molecule has 6 nitrogen and oxygen atoms in total. The highest BCUT2D eigenvalue weighted by molar-refractivity contribution is 6.09. The molecule has 1 aliphatic heterocycles. The number of nitrogens with one attached hydrogen (secondary N) is 1. The van der Waals surface area contributed by atoms with Crippen LogP contribution in [0.2, 0.25) is 0 Å². The number of rotatable bonds is 20. The summed E-state index contributed by atoms with van der Waals surface area (Å²) in [5.41, 5.74) is 6.34. The molecule has 4 atom stereocenters. The molecule has 2 N–H and O–H groups in total. The quantitative estimate of drug-likeness (QED) is 0.101. The molecule has 4 rings (SSSR count). The highest BCUT2D eigenvalue weighted by Crippen LogP contribution is 2.52. The Morgan fingerprint density at radius 1 is 0.938 bits per heavy atom. The first-order valence-electron chi connectivity index (χ1n) is 25.5. The lowest BCUT2D eigenvalue weighted by molar-refractivity contribution is -0.129. The monoisotopic (exact) mass is 900 g/mol. The molecular weight excluding hydrogens is 806 g/mol. The van der Waals surface area contributed by atoms with E-state index in [-0.39, 0.29) is 23.7 Å². The molecule has 4 unspecified atom stereocenters. The van der Waals surface area contributed by atoms with E-state index in [2.05, 4.69) is 97.0 Å². The fourth-order valence-corrected chi connectivity index (χ4v) is 9.02. The number of aliphatic hydroxyl groups is 1. The minimum absolute atomic E-state index is 0.00463. The van der Waals surface area contributed by atoms with E-state index in [1.165, 1.54) is 50.7 Å². The minimum atomic E-state index is -0.792. The number of ketones is 1. The largest absolute Gasteiger partial charge is 0.386 e. The predicted octanol–water partition coefficient (Wildman–Crippen LogP) is 16.1. The molecule has 0 aromatic heterocycles. The zero-order valence-electron chi connectivity index (χ0n) is 44.0. The Hall–Kier alpha value is -3.84. The predicted molar refractivity (Wildman–Crippen MR) is 281 cm³/mol. The number of anilines is 1. The van der Waals surface area contributed by atoms with Crippen LogP contribution in [-0.2, 0) is 15.0 Å². The van der Waals surface area contributed by atoms with Crippen molar-refractivity contribution in [1.82, 2.24) is 5.32 Å². The number of Topliss-reactive ketones (excluding diaryl/α,β-unsaturated/α-hetero) is 1. The van der Waals surface area contributed by atoms with Gasteiger partial charge in [-0.05, 0) is 143 Å². The molecule has 7 heteroatoms. The number of aliphatic hydroxyl groups excluding tert-OH is 1. The molecule has 2 saturated carbocycles. The van der Waals surface area contributed by atoms with Crippen LogP contribution in [0.5, 0.6) is 0 Å². The Morgan fingerprint density at radius 3 is 1.91 bits per heavy atom. The van der Waals surface area contributed by atoms with Crippen LogP contribution in [0.15, 0.2) is 89.1 Å². The van der Waals surface area contributed by atoms with Crippen LogP contribution in [0.4, 0.5) is 10.1 Å². The van der Waals surface area contributed by atoms with Gasteiger partial charge < -0.3 is 15.3 Å². The lowest BCUT2D eigenvalue weighted by Gasteiger charge is -2.42. The van der Waals surface area contributed by atoms with Crippen LogP contribution >= 0.6 is 0 Å². The van der Waals surface area contributed by atoms with Crippen molar-refractivity contribution in [3.63, 3.8) is 0 Å². The summed E-state index contributed by atoms with van der Waals surface area (Å²) in [6.45, 7) is 38.8. The van der Waals surface area contributed by atoms with E-state index in [0.29, 0.717) is 11.6 Å². The molecule has 0 radical (unpaired) electrons. The molecule has 1 aromatic carbocycles. The molecule has 1 amide bonds. The number of carbonyl (C=O) groups excluding carboxylic acids is 2. The van der Waals surface area contributed by atoms with Gasteiger partial charge in [-0.2, -0.15) is 0 Å². The van der Waals surface area contributed by atoms with Gasteiger partial charge in [0, 0.05) is 29.6 Å². The van der Waals surface area contributed by atoms with Crippen LogP contribution in [0, 0.1) is 29.6 Å². The van der Waals surface area contributed by atoms with Gasteiger partial charge in [0.15, 0.2) is 5.78 Å². The van der Waals surface area contributed by atoms with Crippen LogP contribution in [-0.4, -0.2) is 35.2 Å². The molecule has 2 fully saturated rings. The lowest BCUT2D eigenvalue weighted by atomic mass is 9.73. The first-order valence-corrected chi connectivity index (χ1v) is 25.5. The van der Waals surface area contributed by atoms with Crippen molar-refractivity contribution in [2.24, 2.45) is 34.6 Å². The van der Waals surface area contributed by atoms with Crippen LogP contribution in [0.3, 0.4) is 0 Å². The Morgan fingerprint density at radius 2 is 1.49 bits per heavy atom. The van der Waals surface area contributed by atoms with Gasteiger partial charge in [0.1, 0.15) is 11.9 Å². The highest BCUT2D eigenvalue weighted by atomic mass is 19.1. The molecule has 1 heterocycles. The first kappa shape index (κ1) is 59.2. The summed E-state index contributed by atoms with van der Waals surface area (Å²) in [4.78, 5) is 32.0. The molecule has 2 aliphatic carbocycles. The van der Waals surface area contributed by atoms with E-state index in [9.17, 15) is 14.0 Å². The smallest absolute Gasteiger partial charge is 0.237 e. The number of halogens is 1. The number of amides is 1. The maximum atomic E-state index is 14.4. The van der Waals surface area contributed by atoms with E-state index in [4.69, 9.17) is 10.1 Å². The fraction of sp³-hybridized carbons (Fsp3) is 0.638. The average Bonchev–Trinajstić information content (AvgIpc) is 3.84. The summed E-state index contributed by atoms with van der Waals surface area (Å²) in [5, 5.41) is 12.0. The van der Waals surface area contributed by atoms with Crippen LogP contribution in [0.1, 0.15) is 205 Å². The Kier molecular flexibility index (Phi) is 27.7. The number of hydrogen-bond donors (Lipinski definition) is 2. The molecule has 65 heavy (non-hydrogen) atoms. The zero-order valence-corrected chi connectivity index (χ0v) is 44.0. The van der Waals surface area contributed by atoms with E-state index in [0.717, 1.165) is 109 Å². The molecular formula is C58H94FN3O3. The molecule has 0 spiro atoms. The number of hydrogen-bond acceptors (Lipinski definition) is 5. The van der Waals surface area contributed by atoms with E-state index < -0.39 is 17.3 Å². The van der Waals surface area contributed by atoms with Gasteiger partial charge in [-0.25, -0.2) is 4.39 Å². The summed E-state index contributed by atoms with van der Waals surface area (Å²) < 4.78 is 14.4. The summed E-state index contributed by atoms with van der Waals surface area (Å²) in [5.74, 6) is 3.50. The number of nitrogens with zero attached hydrogens (tertiary/aromatic N) is 2. The second-order valence-electron chi connectivity index (χ2n) is 19.5. The zero-order chi connectivity index (χ0) is 49.4. The number of carbonyl (C=O) groups is 2. The third-order valence-electron chi connectivity index (χ3n) is 13.4. The van der Waals surface area contributed by atoms with Crippen molar-refractivity contribution in [2.45, 2.75) is 211 Å². The van der Waals surface area contributed by atoms with Crippen molar-refractivity contribution in [2.75, 3.05) is 4.90 Å². The SMILES string of the molecule is C=C/C(F)=C(\C=C/C)N/C(C)=C(C)/C(=C\C(=C)c1ccc2c(c1)N(C1CC(CC)C1)C(=O)C2(CCC)CCC)N=CCC.CC(C)C.CCC(C)C(=O)C(C)O.CCC1CCC(CC)C1. The second kappa shape index (κ2) is 30.4. The molecule has 1 aromatic rings. The molecule has 0 bridgehead atoms. The van der Waals surface area contributed by atoms with Crippen molar-refractivity contribution in [3.8, 4) is 0 Å². The van der Waals surface area contributed by atoms with Gasteiger partial charge in [-0.3, -0.25) is 14.6 Å². The topological polar surface area (TPSA) is 82.0 Å². The summed E-state index contributed by atoms with van der Waals surface area (Å²) in [6, 6.07) is 6.74. The van der Waals surface area contributed by atoms with E-state index in [1.54, 1.807) is 12.2 Å². The van der Waals surface area contributed by atoms with E-state index in [1.807, 2.05) is 53.8 Å². The van der Waals surface area contributed by atoms with Crippen molar-refractivity contribution >= 4 is 29.2 Å². The van der Waals surface area contributed by atoms with Gasteiger partial charge in [-0.15, -0.1) is 0 Å². The van der Waals surface area contributed by atoms with Gasteiger partial charge in [0.2, 0.25) is 5.91 Å². The molecule has 0 saturated heterocycles. The van der Waals surface area contributed by atoms with Gasteiger partial charge in [0.05, 0.1) is 16.8 Å². The maximum absolute atomic E-state index is 14.4. The van der Waals surface area contributed by atoms with Crippen LogP contribution in [0.25, 0.3) is 5.57 Å². The fourth-order valence-electron chi connectivity index (χ4n) is 9.02. The van der Waals surface area contributed by atoms with Gasteiger partial charge >= 0.3 is 0 Å². The molecule has 3 aliphatic rings. The Labute approximate surface area is 398 Å². The number of fused-ring (bicyclic) bond motifs is 1. The maximum Gasteiger partial charge on any atom is 0.237 e. The highest BCUT2D eigenvalue weighted by Gasteiger charge is 2.53. The molecule has 366 valence electrons. The number of benzene rings is 1. The van der Waals surface area contributed by atoms with E-state index >= 15 is 0 Å². The summed E-state index contributed by atoms with van der Waals surface area (Å²) >= 11 is 0. The lowest BCUT2D eigenvalue weighted by Crippen LogP contribution is -2.50. The van der Waals surface area contributed by atoms with Crippen molar-refractivity contribution in [1.29, 1.82) is 0 Å². The van der Waals surface area contributed by atoms with Gasteiger partial charge in [0.25, 0.3) is 0 Å². The Balaban J connectivity index is 0.000000779. The normalized spacial score (nSPS) is 21.7. The number of aliphatic imine (C=N–C) groups is 1. The van der Waals surface area contributed by atoms with Crippen LogP contribution < -0.4 is 10.2 Å². The third-order valence-corrected chi connectivity index (χ3v) is 13.4. The summed E-state index contributed by atoms with van der Waals surface area (Å²) in [6.07, 6.45) is 23.7. The minimum Gasteiger partial charge on any atom is -0.386 e. The first-order chi connectivity index (χ1) is 30.8.